The number of nitrogens with one attached hydrogen (secondary N) is 1. The fourth-order valence-corrected chi connectivity index (χ4v) is 2.94. The van der Waals surface area contributed by atoms with E-state index in [-0.39, 0.29) is 12.5 Å². The fourth-order valence-electron chi connectivity index (χ4n) is 2.94. The van der Waals surface area contributed by atoms with Crippen LogP contribution < -0.4 is 21.2 Å². The van der Waals surface area contributed by atoms with Crippen molar-refractivity contribution in [3.8, 4) is 11.4 Å². The van der Waals surface area contributed by atoms with E-state index in [4.69, 9.17) is 4.74 Å². The van der Waals surface area contributed by atoms with Gasteiger partial charge < -0.3 is 10.1 Å². The first kappa shape index (κ1) is 20.1. The van der Waals surface area contributed by atoms with Gasteiger partial charge in [0.1, 0.15) is 12.3 Å². The molecule has 0 radical (unpaired) electrons. The zero-order valence-corrected chi connectivity index (χ0v) is 16.4. The van der Waals surface area contributed by atoms with Crippen LogP contribution in [0.15, 0.2) is 70.5 Å². The van der Waals surface area contributed by atoms with Crippen LogP contribution in [0.5, 0.6) is 5.75 Å². The molecule has 1 aromatic heterocycles. The molecule has 2 aromatic carbocycles. The van der Waals surface area contributed by atoms with Crippen molar-refractivity contribution in [1.82, 2.24) is 9.13 Å². The highest BCUT2D eigenvalue weighted by atomic mass is 16.5. The van der Waals surface area contributed by atoms with Gasteiger partial charge in [0.05, 0.1) is 12.3 Å². The Hall–Kier alpha value is -3.61. The standard InChI is InChI=1S/C22H23N3O4/c1-3-16-9-11-17(12-10-16)23-20(26)15-24-13-14-25(22(28)21(24)27)18-7-5-6-8-19(18)29-4-2/h5-14H,3-4,15H2,1-2H3,(H,23,26). The monoisotopic (exact) mass is 393 g/mol. The molecule has 1 heterocycles. The Kier molecular flexibility index (Phi) is 6.29. The molecular weight excluding hydrogens is 370 g/mol. The number of hydrogen-bond acceptors (Lipinski definition) is 4. The van der Waals surface area contributed by atoms with Crippen LogP contribution in [-0.2, 0) is 17.8 Å². The number of benzene rings is 2. The minimum Gasteiger partial charge on any atom is -0.492 e. The van der Waals surface area contributed by atoms with Gasteiger partial charge in [-0.15, -0.1) is 0 Å². The van der Waals surface area contributed by atoms with E-state index in [9.17, 15) is 14.4 Å². The normalized spacial score (nSPS) is 10.6. The van der Waals surface area contributed by atoms with Crippen molar-refractivity contribution in [3.63, 3.8) is 0 Å². The number of carbonyl (C=O) groups excluding carboxylic acids is 1. The lowest BCUT2D eigenvalue weighted by atomic mass is 10.1. The first-order valence-electron chi connectivity index (χ1n) is 9.46. The molecule has 0 saturated carbocycles. The summed E-state index contributed by atoms with van der Waals surface area (Å²) < 4.78 is 7.85. The molecular formula is C22H23N3O4. The van der Waals surface area contributed by atoms with Crippen molar-refractivity contribution in [2.24, 2.45) is 0 Å². The largest absolute Gasteiger partial charge is 0.492 e. The summed E-state index contributed by atoms with van der Waals surface area (Å²) in [6.07, 6.45) is 3.80. The molecule has 0 saturated heterocycles. The number of aryl methyl sites for hydroxylation is 1. The third-order valence-electron chi connectivity index (χ3n) is 4.44. The first-order chi connectivity index (χ1) is 14.0. The lowest BCUT2D eigenvalue weighted by Gasteiger charge is -2.13. The van der Waals surface area contributed by atoms with Crippen LogP contribution in [0.4, 0.5) is 5.69 Å². The summed E-state index contributed by atoms with van der Waals surface area (Å²) in [5.41, 5.74) is 0.744. The number of aromatic nitrogens is 2. The van der Waals surface area contributed by atoms with Crippen molar-refractivity contribution in [2.45, 2.75) is 26.8 Å². The number of nitrogens with zero attached hydrogens (tertiary/aromatic N) is 2. The number of ether oxygens (including phenoxy) is 1. The highest BCUT2D eigenvalue weighted by Crippen LogP contribution is 2.20. The molecule has 1 N–H and O–H groups in total. The summed E-state index contributed by atoms with van der Waals surface area (Å²) in [5.74, 6) is 0.116. The summed E-state index contributed by atoms with van der Waals surface area (Å²) in [5, 5.41) is 2.73. The number of para-hydroxylation sites is 2. The van der Waals surface area contributed by atoms with E-state index in [1.54, 1.807) is 24.3 Å². The van der Waals surface area contributed by atoms with Gasteiger partial charge in [0, 0.05) is 18.1 Å². The van der Waals surface area contributed by atoms with Gasteiger partial charge in [0.25, 0.3) is 0 Å². The molecule has 0 bridgehead atoms. The van der Waals surface area contributed by atoms with Crippen LogP contribution in [0.1, 0.15) is 19.4 Å². The Morgan fingerprint density at radius 2 is 1.69 bits per heavy atom. The van der Waals surface area contributed by atoms with Crippen LogP contribution in [0.3, 0.4) is 0 Å². The molecule has 0 atom stereocenters. The van der Waals surface area contributed by atoms with Crippen molar-refractivity contribution in [2.75, 3.05) is 11.9 Å². The van der Waals surface area contributed by atoms with Gasteiger partial charge in [0.15, 0.2) is 0 Å². The van der Waals surface area contributed by atoms with Crippen LogP contribution in [0, 0.1) is 0 Å². The second kappa shape index (κ2) is 9.05. The number of carbonyl (C=O) groups is 1. The third kappa shape index (κ3) is 4.63. The van der Waals surface area contributed by atoms with Crippen molar-refractivity contribution < 1.29 is 9.53 Å². The third-order valence-corrected chi connectivity index (χ3v) is 4.44. The van der Waals surface area contributed by atoms with Crippen LogP contribution in [0.2, 0.25) is 0 Å². The molecule has 3 aromatic rings. The van der Waals surface area contributed by atoms with Crippen molar-refractivity contribution in [3.05, 3.63) is 87.2 Å². The predicted octanol–water partition coefficient (Wildman–Crippen LogP) is 2.60. The second-order valence-corrected chi connectivity index (χ2v) is 6.41. The quantitative estimate of drug-likeness (QED) is 0.626. The fraction of sp³-hybridized carbons (Fsp3) is 0.227. The molecule has 0 unspecified atom stereocenters. The van der Waals surface area contributed by atoms with E-state index < -0.39 is 11.1 Å². The Bertz CT molecular complexity index is 1110. The van der Waals surface area contributed by atoms with Gasteiger partial charge in [-0.05, 0) is 43.2 Å². The van der Waals surface area contributed by atoms with E-state index in [1.807, 2.05) is 31.2 Å². The van der Waals surface area contributed by atoms with Crippen molar-refractivity contribution in [1.29, 1.82) is 0 Å². The SMILES string of the molecule is CCOc1ccccc1-n1ccn(CC(=O)Nc2ccc(CC)cc2)c(=O)c1=O. The number of rotatable bonds is 7. The smallest absolute Gasteiger partial charge is 0.321 e. The number of amides is 1. The first-order valence-corrected chi connectivity index (χ1v) is 9.46. The molecule has 1 amide bonds. The second-order valence-electron chi connectivity index (χ2n) is 6.41. The van der Waals surface area contributed by atoms with Gasteiger partial charge >= 0.3 is 11.1 Å². The Labute approximate surface area is 168 Å². The van der Waals surface area contributed by atoms with Gasteiger partial charge in [-0.2, -0.15) is 0 Å². The highest BCUT2D eigenvalue weighted by molar-refractivity contribution is 5.90. The maximum Gasteiger partial charge on any atom is 0.321 e. The molecule has 0 spiro atoms. The van der Waals surface area contributed by atoms with Gasteiger partial charge in [-0.1, -0.05) is 31.2 Å². The molecule has 0 aliphatic carbocycles. The van der Waals surface area contributed by atoms with Gasteiger partial charge in [0.2, 0.25) is 5.91 Å². The number of hydrogen-bond donors (Lipinski definition) is 1. The van der Waals surface area contributed by atoms with E-state index in [0.29, 0.717) is 23.7 Å². The summed E-state index contributed by atoms with van der Waals surface area (Å²) in [6, 6.07) is 14.4. The summed E-state index contributed by atoms with van der Waals surface area (Å²) in [7, 11) is 0. The maximum absolute atomic E-state index is 12.6. The van der Waals surface area contributed by atoms with E-state index in [0.717, 1.165) is 16.6 Å². The molecule has 0 aliphatic rings. The van der Waals surface area contributed by atoms with E-state index in [2.05, 4.69) is 12.2 Å². The molecule has 7 nitrogen and oxygen atoms in total. The summed E-state index contributed by atoms with van der Waals surface area (Å²) in [6.45, 7) is 4.07. The molecule has 0 aliphatic heterocycles. The summed E-state index contributed by atoms with van der Waals surface area (Å²) >= 11 is 0. The van der Waals surface area contributed by atoms with Crippen LogP contribution in [-0.4, -0.2) is 21.6 Å². The molecule has 7 heteroatoms. The minimum atomic E-state index is -0.782. The van der Waals surface area contributed by atoms with E-state index >= 15 is 0 Å². The Morgan fingerprint density at radius 1 is 0.966 bits per heavy atom. The average Bonchev–Trinajstić information content (AvgIpc) is 2.73. The van der Waals surface area contributed by atoms with Crippen LogP contribution in [0.25, 0.3) is 5.69 Å². The van der Waals surface area contributed by atoms with Gasteiger partial charge in [-0.25, -0.2) is 0 Å². The topological polar surface area (TPSA) is 82.3 Å². The minimum absolute atomic E-state index is 0.252. The Balaban J connectivity index is 1.82. The number of anilines is 1. The highest BCUT2D eigenvalue weighted by Gasteiger charge is 2.12. The van der Waals surface area contributed by atoms with Gasteiger partial charge in [-0.3, -0.25) is 23.5 Å². The zero-order valence-electron chi connectivity index (χ0n) is 16.4. The predicted molar refractivity (Wildman–Crippen MR) is 112 cm³/mol. The lowest BCUT2D eigenvalue weighted by Crippen LogP contribution is -2.41. The van der Waals surface area contributed by atoms with E-state index in [1.165, 1.54) is 17.0 Å². The molecule has 0 fully saturated rings. The lowest BCUT2D eigenvalue weighted by molar-refractivity contribution is -0.116. The maximum atomic E-state index is 12.6. The van der Waals surface area contributed by atoms with Crippen molar-refractivity contribution >= 4 is 11.6 Å². The zero-order chi connectivity index (χ0) is 20.8. The average molecular weight is 393 g/mol. The van der Waals surface area contributed by atoms with Crippen LogP contribution >= 0.6 is 0 Å². The molecule has 29 heavy (non-hydrogen) atoms. The Morgan fingerprint density at radius 3 is 2.38 bits per heavy atom. The molecule has 150 valence electrons. The summed E-state index contributed by atoms with van der Waals surface area (Å²) in [4.78, 5) is 37.4. The molecule has 3 rings (SSSR count).